The molecule has 1 aliphatic heterocycles. The van der Waals surface area contributed by atoms with E-state index in [4.69, 9.17) is 0 Å². The maximum atomic E-state index is 3.72. The number of para-hydroxylation sites is 2. The van der Waals surface area contributed by atoms with Crippen molar-refractivity contribution in [3.05, 3.63) is 46.2 Å². The molecule has 1 N–H and O–H groups in total. The van der Waals surface area contributed by atoms with Crippen molar-refractivity contribution in [3.8, 4) is 0 Å². The molecule has 1 saturated heterocycles. The standard InChI is InChI=1S/C18H24N2S/c1-14-10-13-21-18(14)15(2)19-16-8-4-5-9-17(16)20-11-6-3-7-12-20/h4-5,8-10,13,15,19H,3,6-7,11-12H2,1-2H3. The topological polar surface area (TPSA) is 15.3 Å². The second kappa shape index (κ2) is 6.52. The largest absolute Gasteiger partial charge is 0.376 e. The van der Waals surface area contributed by atoms with Crippen LogP contribution >= 0.6 is 11.3 Å². The Kier molecular flexibility index (Phi) is 4.49. The first-order valence-electron chi connectivity index (χ1n) is 7.90. The molecular weight excluding hydrogens is 276 g/mol. The van der Waals surface area contributed by atoms with Crippen molar-refractivity contribution in [3.63, 3.8) is 0 Å². The number of nitrogens with one attached hydrogen (secondary N) is 1. The molecule has 1 unspecified atom stereocenters. The van der Waals surface area contributed by atoms with E-state index in [0.717, 1.165) is 0 Å². The van der Waals surface area contributed by atoms with Gasteiger partial charge in [-0.2, -0.15) is 0 Å². The SMILES string of the molecule is Cc1ccsc1C(C)Nc1ccccc1N1CCCCC1. The van der Waals surface area contributed by atoms with Gasteiger partial charge >= 0.3 is 0 Å². The van der Waals surface area contributed by atoms with Crippen molar-refractivity contribution in [2.45, 2.75) is 39.2 Å². The van der Waals surface area contributed by atoms with Gasteiger partial charge in [-0.3, -0.25) is 0 Å². The maximum Gasteiger partial charge on any atom is 0.0602 e. The molecule has 0 amide bonds. The summed E-state index contributed by atoms with van der Waals surface area (Å²) < 4.78 is 0. The monoisotopic (exact) mass is 300 g/mol. The predicted molar refractivity (Wildman–Crippen MR) is 93.6 cm³/mol. The van der Waals surface area contributed by atoms with Crippen molar-refractivity contribution < 1.29 is 0 Å². The second-order valence-electron chi connectivity index (χ2n) is 5.90. The number of rotatable bonds is 4. The molecule has 0 spiro atoms. The van der Waals surface area contributed by atoms with Gasteiger partial charge in [0.25, 0.3) is 0 Å². The maximum absolute atomic E-state index is 3.72. The van der Waals surface area contributed by atoms with Crippen LogP contribution in [0.1, 0.15) is 42.7 Å². The molecule has 21 heavy (non-hydrogen) atoms. The number of anilines is 2. The number of aryl methyl sites for hydroxylation is 1. The Morgan fingerprint density at radius 3 is 2.57 bits per heavy atom. The first-order chi connectivity index (χ1) is 10.3. The van der Waals surface area contributed by atoms with Gasteiger partial charge in [0.05, 0.1) is 17.4 Å². The Balaban J connectivity index is 1.80. The Morgan fingerprint density at radius 2 is 1.86 bits per heavy atom. The Labute approximate surface area is 131 Å². The molecule has 2 heterocycles. The van der Waals surface area contributed by atoms with Crippen LogP contribution in [-0.4, -0.2) is 13.1 Å². The lowest BCUT2D eigenvalue weighted by atomic mass is 10.1. The van der Waals surface area contributed by atoms with Crippen LogP contribution in [0.25, 0.3) is 0 Å². The first-order valence-corrected chi connectivity index (χ1v) is 8.78. The van der Waals surface area contributed by atoms with Crippen LogP contribution in [0.4, 0.5) is 11.4 Å². The Bertz CT molecular complexity index is 584. The molecule has 2 nitrogen and oxygen atoms in total. The van der Waals surface area contributed by atoms with Crippen LogP contribution < -0.4 is 10.2 Å². The van der Waals surface area contributed by atoms with Gasteiger partial charge < -0.3 is 10.2 Å². The number of hydrogen-bond acceptors (Lipinski definition) is 3. The van der Waals surface area contributed by atoms with Gasteiger partial charge in [0.2, 0.25) is 0 Å². The van der Waals surface area contributed by atoms with Crippen LogP contribution in [0.5, 0.6) is 0 Å². The summed E-state index contributed by atoms with van der Waals surface area (Å²) in [6, 6.07) is 11.3. The van der Waals surface area contributed by atoms with Crippen molar-refractivity contribution in [1.82, 2.24) is 0 Å². The highest BCUT2D eigenvalue weighted by molar-refractivity contribution is 7.10. The number of benzene rings is 1. The molecule has 3 rings (SSSR count). The summed E-state index contributed by atoms with van der Waals surface area (Å²) in [5, 5.41) is 5.90. The minimum Gasteiger partial charge on any atom is -0.376 e. The fraction of sp³-hybridized carbons (Fsp3) is 0.444. The van der Waals surface area contributed by atoms with Crippen LogP contribution in [0.2, 0.25) is 0 Å². The molecule has 1 aliphatic rings. The third-order valence-electron chi connectivity index (χ3n) is 4.27. The van der Waals surface area contributed by atoms with Crippen molar-refractivity contribution in [2.24, 2.45) is 0 Å². The quantitative estimate of drug-likeness (QED) is 0.832. The number of piperidine rings is 1. The zero-order chi connectivity index (χ0) is 14.7. The van der Waals surface area contributed by atoms with E-state index in [1.165, 1.54) is 54.2 Å². The molecule has 2 aromatic rings. The van der Waals surface area contributed by atoms with Crippen molar-refractivity contribution in [1.29, 1.82) is 0 Å². The summed E-state index contributed by atoms with van der Waals surface area (Å²) in [7, 11) is 0. The van der Waals surface area contributed by atoms with Gasteiger partial charge in [0.15, 0.2) is 0 Å². The van der Waals surface area contributed by atoms with Crippen molar-refractivity contribution in [2.75, 3.05) is 23.3 Å². The van der Waals surface area contributed by atoms with E-state index in [-0.39, 0.29) is 0 Å². The van der Waals surface area contributed by atoms with Gasteiger partial charge in [-0.1, -0.05) is 12.1 Å². The molecule has 1 aromatic heterocycles. The van der Waals surface area contributed by atoms with E-state index < -0.39 is 0 Å². The summed E-state index contributed by atoms with van der Waals surface area (Å²) in [4.78, 5) is 3.96. The zero-order valence-corrected chi connectivity index (χ0v) is 13.7. The van der Waals surface area contributed by atoms with Crippen molar-refractivity contribution >= 4 is 22.7 Å². The number of thiophene rings is 1. The van der Waals surface area contributed by atoms with E-state index in [9.17, 15) is 0 Å². The highest BCUT2D eigenvalue weighted by Gasteiger charge is 2.16. The van der Waals surface area contributed by atoms with E-state index in [1.54, 1.807) is 0 Å². The average Bonchev–Trinajstić information content (AvgIpc) is 2.95. The Hall–Kier alpha value is -1.48. The third kappa shape index (κ3) is 3.24. The van der Waals surface area contributed by atoms with Crippen LogP contribution in [-0.2, 0) is 0 Å². The molecule has 112 valence electrons. The minimum atomic E-state index is 0.357. The lowest BCUT2D eigenvalue weighted by Gasteiger charge is -2.31. The summed E-state index contributed by atoms with van der Waals surface area (Å²) in [6.45, 7) is 6.82. The lowest BCUT2D eigenvalue weighted by molar-refractivity contribution is 0.578. The minimum absolute atomic E-state index is 0.357. The van der Waals surface area contributed by atoms with Gasteiger partial charge in [0, 0.05) is 18.0 Å². The molecule has 0 radical (unpaired) electrons. The van der Waals surface area contributed by atoms with E-state index in [2.05, 4.69) is 59.8 Å². The molecule has 1 fully saturated rings. The van der Waals surface area contributed by atoms with Gasteiger partial charge in [-0.25, -0.2) is 0 Å². The van der Waals surface area contributed by atoms with E-state index in [1.807, 2.05) is 11.3 Å². The molecule has 0 bridgehead atoms. The molecule has 0 saturated carbocycles. The predicted octanol–water partition coefficient (Wildman–Crippen LogP) is 5.22. The normalized spacial score (nSPS) is 16.8. The van der Waals surface area contributed by atoms with Gasteiger partial charge in [-0.15, -0.1) is 11.3 Å². The first kappa shape index (κ1) is 14.5. The summed E-state index contributed by atoms with van der Waals surface area (Å²) >= 11 is 1.84. The Morgan fingerprint density at radius 1 is 1.10 bits per heavy atom. The van der Waals surface area contributed by atoms with E-state index >= 15 is 0 Å². The second-order valence-corrected chi connectivity index (χ2v) is 6.85. The van der Waals surface area contributed by atoms with E-state index in [0.29, 0.717) is 6.04 Å². The zero-order valence-electron chi connectivity index (χ0n) is 12.9. The fourth-order valence-corrected chi connectivity index (χ4v) is 4.07. The molecule has 0 aliphatic carbocycles. The fourth-order valence-electron chi connectivity index (χ4n) is 3.13. The summed E-state index contributed by atoms with van der Waals surface area (Å²) in [5.74, 6) is 0. The average molecular weight is 300 g/mol. The van der Waals surface area contributed by atoms with Gasteiger partial charge in [-0.05, 0) is 62.3 Å². The molecule has 1 aromatic carbocycles. The van der Waals surface area contributed by atoms with Gasteiger partial charge in [0.1, 0.15) is 0 Å². The lowest BCUT2D eigenvalue weighted by Crippen LogP contribution is -2.30. The number of hydrogen-bond donors (Lipinski definition) is 1. The third-order valence-corrected chi connectivity index (χ3v) is 5.47. The molecule has 3 heteroatoms. The van der Waals surface area contributed by atoms with Crippen LogP contribution in [0.3, 0.4) is 0 Å². The molecular formula is C18H24N2S. The van der Waals surface area contributed by atoms with Crippen LogP contribution in [0, 0.1) is 6.92 Å². The summed E-state index contributed by atoms with van der Waals surface area (Å²) in [5.41, 5.74) is 4.01. The summed E-state index contributed by atoms with van der Waals surface area (Å²) in [6.07, 6.45) is 4.00. The highest BCUT2D eigenvalue weighted by atomic mass is 32.1. The molecule has 1 atom stereocenters. The highest BCUT2D eigenvalue weighted by Crippen LogP contribution is 2.33. The smallest absolute Gasteiger partial charge is 0.0602 e. The number of nitrogens with zero attached hydrogens (tertiary/aromatic N) is 1. The van der Waals surface area contributed by atoms with Crippen LogP contribution in [0.15, 0.2) is 35.7 Å².